The second-order valence-corrected chi connectivity index (χ2v) is 3.31. The van der Waals surface area contributed by atoms with Crippen LogP contribution in [0.4, 0.5) is 0 Å². The maximum absolute atomic E-state index is 11.3. The first kappa shape index (κ1) is 8.70. The summed E-state index contributed by atoms with van der Waals surface area (Å²) in [4.78, 5) is 15.4. The fraction of sp³-hybridized carbons (Fsp3) is 0.429. The van der Waals surface area contributed by atoms with Gasteiger partial charge in [0.2, 0.25) is 0 Å². The van der Waals surface area contributed by atoms with E-state index in [0.717, 1.165) is 5.69 Å². The molecule has 0 fully saturated rings. The SMILES string of the molecule is CCn1cnc(C)c(I)c1=O. The molecule has 1 aromatic heterocycles. The summed E-state index contributed by atoms with van der Waals surface area (Å²) in [5.74, 6) is 0. The zero-order valence-corrected chi connectivity index (χ0v) is 8.62. The smallest absolute Gasteiger partial charge is 0.266 e. The molecule has 0 bridgehead atoms. The molecular formula is C7H9IN2O. The van der Waals surface area contributed by atoms with E-state index < -0.39 is 0 Å². The lowest BCUT2D eigenvalue weighted by Gasteiger charge is -2.01. The molecule has 60 valence electrons. The molecule has 0 unspecified atom stereocenters. The Morgan fingerprint density at radius 1 is 1.73 bits per heavy atom. The van der Waals surface area contributed by atoms with Crippen LogP contribution in [0.25, 0.3) is 0 Å². The molecule has 0 spiro atoms. The van der Waals surface area contributed by atoms with Gasteiger partial charge in [-0.2, -0.15) is 0 Å². The van der Waals surface area contributed by atoms with Crippen LogP contribution >= 0.6 is 22.6 Å². The Morgan fingerprint density at radius 3 is 2.91 bits per heavy atom. The van der Waals surface area contributed by atoms with E-state index in [1.54, 1.807) is 10.9 Å². The number of halogens is 1. The van der Waals surface area contributed by atoms with E-state index in [1.165, 1.54) is 0 Å². The Hall–Kier alpha value is -0.390. The van der Waals surface area contributed by atoms with Crippen LogP contribution in [0.3, 0.4) is 0 Å². The van der Waals surface area contributed by atoms with E-state index in [4.69, 9.17) is 0 Å². The lowest BCUT2D eigenvalue weighted by Crippen LogP contribution is -2.23. The number of aromatic nitrogens is 2. The van der Waals surface area contributed by atoms with Crippen molar-refractivity contribution in [1.82, 2.24) is 9.55 Å². The van der Waals surface area contributed by atoms with Gasteiger partial charge in [-0.05, 0) is 36.4 Å². The average molecular weight is 264 g/mol. The lowest BCUT2D eigenvalue weighted by molar-refractivity contribution is 0.696. The van der Waals surface area contributed by atoms with Crippen molar-refractivity contribution in [3.05, 3.63) is 25.9 Å². The lowest BCUT2D eigenvalue weighted by atomic mass is 10.4. The Kier molecular flexibility index (Phi) is 2.64. The summed E-state index contributed by atoms with van der Waals surface area (Å²) < 4.78 is 2.31. The first-order valence-electron chi connectivity index (χ1n) is 3.38. The first-order valence-corrected chi connectivity index (χ1v) is 4.46. The Labute approximate surface area is 78.6 Å². The second kappa shape index (κ2) is 3.34. The number of hydrogen-bond donors (Lipinski definition) is 0. The number of hydrogen-bond acceptors (Lipinski definition) is 2. The van der Waals surface area contributed by atoms with Crippen molar-refractivity contribution in [3.8, 4) is 0 Å². The Morgan fingerprint density at radius 2 is 2.36 bits per heavy atom. The third-order valence-electron chi connectivity index (χ3n) is 1.50. The molecule has 1 heterocycles. The first-order chi connectivity index (χ1) is 5.16. The summed E-state index contributed by atoms with van der Waals surface area (Å²) >= 11 is 2.02. The van der Waals surface area contributed by atoms with Crippen molar-refractivity contribution in [1.29, 1.82) is 0 Å². The van der Waals surface area contributed by atoms with Gasteiger partial charge in [-0.15, -0.1) is 0 Å². The molecular weight excluding hydrogens is 255 g/mol. The van der Waals surface area contributed by atoms with Gasteiger partial charge in [-0.1, -0.05) is 0 Å². The Bertz CT molecular complexity index is 319. The van der Waals surface area contributed by atoms with E-state index >= 15 is 0 Å². The van der Waals surface area contributed by atoms with Gasteiger partial charge >= 0.3 is 0 Å². The molecule has 0 amide bonds. The van der Waals surface area contributed by atoms with Gasteiger partial charge in [0.05, 0.1) is 15.6 Å². The zero-order chi connectivity index (χ0) is 8.43. The summed E-state index contributed by atoms with van der Waals surface area (Å²) in [5, 5.41) is 0. The quantitative estimate of drug-likeness (QED) is 0.714. The molecule has 11 heavy (non-hydrogen) atoms. The zero-order valence-electron chi connectivity index (χ0n) is 6.47. The van der Waals surface area contributed by atoms with E-state index in [-0.39, 0.29) is 5.56 Å². The minimum atomic E-state index is 0.0561. The van der Waals surface area contributed by atoms with Gasteiger partial charge in [0.1, 0.15) is 0 Å². The molecule has 0 aliphatic carbocycles. The van der Waals surface area contributed by atoms with Gasteiger partial charge in [0.15, 0.2) is 0 Å². The molecule has 0 aliphatic heterocycles. The Balaban J connectivity index is 3.37. The van der Waals surface area contributed by atoms with E-state index in [2.05, 4.69) is 4.98 Å². The minimum Gasteiger partial charge on any atom is -0.299 e. The van der Waals surface area contributed by atoms with Crippen LogP contribution < -0.4 is 5.56 Å². The van der Waals surface area contributed by atoms with Crippen molar-refractivity contribution in [2.75, 3.05) is 0 Å². The average Bonchev–Trinajstić information content (AvgIpc) is 2.01. The second-order valence-electron chi connectivity index (χ2n) is 2.24. The van der Waals surface area contributed by atoms with Crippen molar-refractivity contribution in [3.63, 3.8) is 0 Å². The monoisotopic (exact) mass is 264 g/mol. The predicted molar refractivity (Wildman–Crippen MR) is 51.6 cm³/mol. The van der Waals surface area contributed by atoms with Gasteiger partial charge in [0, 0.05) is 6.54 Å². The molecule has 3 nitrogen and oxygen atoms in total. The molecule has 0 saturated heterocycles. The van der Waals surface area contributed by atoms with Crippen LogP contribution in [0.2, 0.25) is 0 Å². The van der Waals surface area contributed by atoms with Gasteiger partial charge in [0.25, 0.3) is 5.56 Å². The minimum absolute atomic E-state index is 0.0561. The molecule has 0 N–H and O–H groups in total. The van der Waals surface area contributed by atoms with Crippen molar-refractivity contribution in [2.24, 2.45) is 0 Å². The summed E-state index contributed by atoms with van der Waals surface area (Å²) in [5.41, 5.74) is 0.862. The van der Waals surface area contributed by atoms with Crippen LogP contribution in [-0.4, -0.2) is 9.55 Å². The highest BCUT2D eigenvalue weighted by Crippen LogP contribution is 2.00. The molecule has 4 heteroatoms. The maximum Gasteiger partial charge on any atom is 0.266 e. The molecule has 0 aliphatic rings. The van der Waals surface area contributed by atoms with Crippen LogP contribution in [0.1, 0.15) is 12.6 Å². The van der Waals surface area contributed by atoms with Crippen molar-refractivity contribution < 1.29 is 0 Å². The van der Waals surface area contributed by atoms with Gasteiger partial charge in [-0.25, -0.2) is 4.98 Å². The number of nitrogens with zero attached hydrogens (tertiary/aromatic N) is 2. The summed E-state index contributed by atoms with van der Waals surface area (Å²) in [6.07, 6.45) is 1.58. The van der Waals surface area contributed by atoms with E-state index in [1.807, 2.05) is 36.4 Å². The molecule has 1 aromatic rings. The van der Waals surface area contributed by atoms with Crippen LogP contribution in [0, 0.1) is 10.5 Å². The highest BCUT2D eigenvalue weighted by molar-refractivity contribution is 14.1. The fourth-order valence-corrected chi connectivity index (χ4v) is 1.22. The summed E-state index contributed by atoms with van der Waals surface area (Å²) in [7, 11) is 0. The third-order valence-corrected chi connectivity index (χ3v) is 2.74. The third kappa shape index (κ3) is 1.61. The molecule has 1 rings (SSSR count). The van der Waals surface area contributed by atoms with Crippen molar-refractivity contribution >= 4 is 22.6 Å². The maximum atomic E-state index is 11.3. The fourth-order valence-electron chi connectivity index (χ4n) is 0.771. The predicted octanol–water partition coefficient (Wildman–Crippen LogP) is 1.18. The largest absolute Gasteiger partial charge is 0.299 e. The standard InChI is InChI=1S/C7H9IN2O/c1-3-10-4-9-5(2)6(8)7(10)11/h4H,3H2,1-2H3. The molecule has 0 atom stereocenters. The van der Waals surface area contributed by atoms with Crippen molar-refractivity contribution in [2.45, 2.75) is 20.4 Å². The van der Waals surface area contributed by atoms with E-state index in [0.29, 0.717) is 10.1 Å². The molecule has 0 radical (unpaired) electrons. The summed E-state index contributed by atoms with van der Waals surface area (Å²) in [6.45, 7) is 4.44. The van der Waals surface area contributed by atoms with E-state index in [9.17, 15) is 4.79 Å². The number of aryl methyl sites for hydroxylation is 2. The number of rotatable bonds is 1. The van der Waals surface area contributed by atoms with Crippen LogP contribution in [0.5, 0.6) is 0 Å². The topological polar surface area (TPSA) is 34.9 Å². The highest BCUT2D eigenvalue weighted by Gasteiger charge is 2.02. The van der Waals surface area contributed by atoms with Gasteiger partial charge in [-0.3, -0.25) is 9.36 Å². The van der Waals surface area contributed by atoms with Crippen LogP contribution in [-0.2, 0) is 6.54 Å². The van der Waals surface area contributed by atoms with Crippen LogP contribution in [0.15, 0.2) is 11.1 Å². The molecule has 0 aromatic carbocycles. The normalized spacial score (nSPS) is 10.1. The molecule has 0 saturated carbocycles. The van der Waals surface area contributed by atoms with Gasteiger partial charge < -0.3 is 0 Å². The highest BCUT2D eigenvalue weighted by atomic mass is 127. The summed E-state index contributed by atoms with van der Waals surface area (Å²) in [6, 6.07) is 0.